The van der Waals surface area contributed by atoms with Crippen LogP contribution in [-0.2, 0) is 10.0 Å². The summed E-state index contributed by atoms with van der Waals surface area (Å²) in [7, 11) is -3.27. The fourth-order valence-corrected chi connectivity index (χ4v) is 1.90. The van der Waals surface area contributed by atoms with Gasteiger partial charge in [-0.3, -0.25) is 14.9 Å². The molecule has 116 valence electrons. The molecule has 1 heterocycles. The molecule has 1 aromatic rings. The summed E-state index contributed by atoms with van der Waals surface area (Å²) < 4.78 is 23.9. The predicted molar refractivity (Wildman–Crippen MR) is 75.1 cm³/mol. The zero-order valence-electron chi connectivity index (χ0n) is 11.2. The van der Waals surface area contributed by atoms with Crippen LogP contribution < -0.4 is 15.8 Å². The number of sulfonamides is 1. The Bertz CT molecular complexity index is 645. The number of carbonyl (C=O) groups is 1. The molecule has 0 aliphatic heterocycles. The molecule has 0 atom stereocenters. The van der Waals surface area contributed by atoms with E-state index in [0.29, 0.717) is 6.42 Å². The van der Waals surface area contributed by atoms with Crippen LogP contribution in [0.3, 0.4) is 0 Å². The number of rotatable bonds is 7. The lowest BCUT2D eigenvalue weighted by atomic mass is 10.2. The molecule has 10 nitrogen and oxygen atoms in total. The van der Waals surface area contributed by atoms with Crippen molar-refractivity contribution in [3.8, 4) is 0 Å². The lowest BCUT2D eigenvalue weighted by Crippen LogP contribution is -2.29. The zero-order valence-corrected chi connectivity index (χ0v) is 12.0. The van der Waals surface area contributed by atoms with Gasteiger partial charge in [0.05, 0.1) is 16.7 Å². The third kappa shape index (κ3) is 5.71. The van der Waals surface area contributed by atoms with Crippen molar-refractivity contribution in [1.29, 1.82) is 0 Å². The number of nitrogens with two attached hydrogens (primary N) is 1. The van der Waals surface area contributed by atoms with Gasteiger partial charge in [0, 0.05) is 19.2 Å². The Morgan fingerprint density at radius 1 is 1.48 bits per heavy atom. The summed E-state index contributed by atoms with van der Waals surface area (Å²) in [5.41, 5.74) is 5.06. The largest absolute Gasteiger partial charge is 0.383 e. The fourth-order valence-electron chi connectivity index (χ4n) is 1.39. The number of nitrogens with one attached hydrogen (secondary N) is 2. The number of nitrogen functional groups attached to an aromatic ring is 1. The average molecular weight is 317 g/mol. The fraction of sp³-hybridized carbons (Fsp3) is 0.400. The summed E-state index contributed by atoms with van der Waals surface area (Å²) in [6, 6.07) is 1.03. The van der Waals surface area contributed by atoms with Crippen molar-refractivity contribution in [2.75, 3.05) is 25.1 Å². The van der Waals surface area contributed by atoms with Crippen molar-refractivity contribution < 1.29 is 18.1 Å². The van der Waals surface area contributed by atoms with Crippen molar-refractivity contribution >= 4 is 27.4 Å². The van der Waals surface area contributed by atoms with Crippen LogP contribution in [0.2, 0.25) is 0 Å². The first-order valence-electron chi connectivity index (χ1n) is 5.83. The molecule has 0 unspecified atom stereocenters. The number of nitrogens with zero attached hydrogens (tertiary/aromatic N) is 2. The normalized spacial score (nSPS) is 11.1. The van der Waals surface area contributed by atoms with E-state index in [1.165, 1.54) is 0 Å². The standard InChI is InChI=1S/C10H15N5O5S/c1-21(19,20)14-4-2-3-12-10(16)8-5-7(15(17)18)6-13-9(8)11/h5-6,14H,2-4H2,1H3,(H2,11,13)(H,12,16). The third-order valence-corrected chi connectivity index (χ3v) is 3.09. The summed E-state index contributed by atoms with van der Waals surface area (Å²) >= 11 is 0. The van der Waals surface area contributed by atoms with E-state index < -0.39 is 20.9 Å². The number of nitro groups is 1. The quantitative estimate of drug-likeness (QED) is 0.339. The van der Waals surface area contributed by atoms with E-state index in [2.05, 4.69) is 15.0 Å². The Morgan fingerprint density at radius 3 is 2.71 bits per heavy atom. The average Bonchev–Trinajstić information content (AvgIpc) is 2.36. The van der Waals surface area contributed by atoms with Gasteiger partial charge in [0.15, 0.2) is 0 Å². The number of pyridine rings is 1. The molecule has 0 radical (unpaired) electrons. The van der Waals surface area contributed by atoms with Gasteiger partial charge in [-0.25, -0.2) is 18.1 Å². The van der Waals surface area contributed by atoms with Gasteiger partial charge < -0.3 is 11.1 Å². The first-order valence-corrected chi connectivity index (χ1v) is 7.72. The molecule has 1 rings (SSSR count). The number of hydrogen-bond donors (Lipinski definition) is 3. The van der Waals surface area contributed by atoms with Gasteiger partial charge in [-0.2, -0.15) is 0 Å². The topological polar surface area (TPSA) is 157 Å². The Balaban J connectivity index is 2.56. The van der Waals surface area contributed by atoms with Crippen LogP contribution in [0, 0.1) is 10.1 Å². The Morgan fingerprint density at radius 2 is 2.14 bits per heavy atom. The van der Waals surface area contributed by atoms with E-state index in [1.54, 1.807) is 0 Å². The summed E-state index contributed by atoms with van der Waals surface area (Å²) in [6.07, 6.45) is 2.35. The van der Waals surface area contributed by atoms with Gasteiger partial charge in [-0.1, -0.05) is 0 Å². The first-order chi connectivity index (χ1) is 9.70. The van der Waals surface area contributed by atoms with E-state index in [9.17, 15) is 23.3 Å². The molecule has 0 aliphatic carbocycles. The van der Waals surface area contributed by atoms with Gasteiger partial charge in [-0.05, 0) is 6.42 Å². The van der Waals surface area contributed by atoms with Crippen LogP contribution in [0.1, 0.15) is 16.8 Å². The minimum absolute atomic E-state index is 0.0970. The molecule has 0 saturated carbocycles. The van der Waals surface area contributed by atoms with Gasteiger partial charge in [0.1, 0.15) is 12.0 Å². The predicted octanol–water partition coefficient (Wildman–Crippen LogP) is -0.759. The number of aromatic nitrogens is 1. The zero-order chi connectivity index (χ0) is 16.0. The smallest absolute Gasteiger partial charge is 0.288 e. The molecule has 1 aromatic heterocycles. The summed E-state index contributed by atoms with van der Waals surface area (Å²) in [5, 5.41) is 13.1. The minimum atomic E-state index is -3.27. The second-order valence-corrected chi connectivity index (χ2v) is 5.99. The van der Waals surface area contributed by atoms with Gasteiger partial charge in [-0.15, -0.1) is 0 Å². The second-order valence-electron chi connectivity index (χ2n) is 4.16. The van der Waals surface area contributed by atoms with Crippen molar-refractivity contribution in [3.05, 3.63) is 27.9 Å². The van der Waals surface area contributed by atoms with E-state index in [-0.39, 0.29) is 30.2 Å². The molecule has 0 saturated heterocycles. The van der Waals surface area contributed by atoms with Crippen molar-refractivity contribution in [2.45, 2.75) is 6.42 Å². The lowest BCUT2D eigenvalue weighted by Gasteiger charge is -2.07. The SMILES string of the molecule is CS(=O)(=O)NCCCNC(=O)c1cc([N+](=O)[O-])cnc1N. The molecule has 0 spiro atoms. The maximum absolute atomic E-state index is 11.8. The van der Waals surface area contributed by atoms with Crippen molar-refractivity contribution in [2.24, 2.45) is 0 Å². The highest BCUT2D eigenvalue weighted by Crippen LogP contribution is 2.16. The Labute approximate surface area is 120 Å². The Hall–Kier alpha value is -2.27. The van der Waals surface area contributed by atoms with Crippen LogP contribution in [0.15, 0.2) is 12.3 Å². The van der Waals surface area contributed by atoms with Crippen LogP contribution >= 0.6 is 0 Å². The molecule has 21 heavy (non-hydrogen) atoms. The summed E-state index contributed by atoms with van der Waals surface area (Å²) in [5.74, 6) is -0.726. The molecule has 0 aromatic carbocycles. The summed E-state index contributed by atoms with van der Waals surface area (Å²) in [6.45, 7) is 0.352. The minimum Gasteiger partial charge on any atom is -0.383 e. The Kier molecular flexibility index (Phi) is 5.55. The van der Waals surface area contributed by atoms with Gasteiger partial charge >= 0.3 is 0 Å². The van der Waals surface area contributed by atoms with E-state index >= 15 is 0 Å². The second kappa shape index (κ2) is 6.95. The highest BCUT2D eigenvalue weighted by Gasteiger charge is 2.16. The maximum Gasteiger partial charge on any atom is 0.288 e. The van der Waals surface area contributed by atoms with Crippen LogP contribution in [0.4, 0.5) is 11.5 Å². The number of amides is 1. The number of carbonyl (C=O) groups excluding carboxylic acids is 1. The number of hydrogen-bond acceptors (Lipinski definition) is 7. The van der Waals surface area contributed by atoms with E-state index in [4.69, 9.17) is 5.73 Å². The van der Waals surface area contributed by atoms with Crippen molar-refractivity contribution in [3.63, 3.8) is 0 Å². The van der Waals surface area contributed by atoms with Crippen LogP contribution in [0.5, 0.6) is 0 Å². The highest BCUT2D eigenvalue weighted by molar-refractivity contribution is 7.88. The lowest BCUT2D eigenvalue weighted by molar-refractivity contribution is -0.385. The summed E-state index contributed by atoms with van der Waals surface area (Å²) in [4.78, 5) is 25.3. The number of anilines is 1. The van der Waals surface area contributed by atoms with Gasteiger partial charge in [0.2, 0.25) is 10.0 Å². The van der Waals surface area contributed by atoms with Crippen LogP contribution in [-0.4, -0.2) is 43.6 Å². The van der Waals surface area contributed by atoms with Gasteiger partial charge in [0.25, 0.3) is 11.6 Å². The monoisotopic (exact) mass is 317 g/mol. The van der Waals surface area contributed by atoms with Crippen molar-refractivity contribution in [1.82, 2.24) is 15.0 Å². The highest BCUT2D eigenvalue weighted by atomic mass is 32.2. The molecular formula is C10H15N5O5S. The molecule has 1 amide bonds. The molecule has 11 heteroatoms. The molecule has 0 aliphatic rings. The molecule has 4 N–H and O–H groups in total. The van der Waals surface area contributed by atoms with E-state index in [0.717, 1.165) is 18.5 Å². The molecule has 0 fully saturated rings. The molecular weight excluding hydrogens is 302 g/mol. The van der Waals surface area contributed by atoms with E-state index in [1.807, 2.05) is 0 Å². The first kappa shape index (κ1) is 16.8. The third-order valence-electron chi connectivity index (χ3n) is 2.36. The van der Waals surface area contributed by atoms with Crippen LogP contribution in [0.25, 0.3) is 0 Å². The maximum atomic E-state index is 11.8. The molecule has 0 bridgehead atoms.